The molecule has 40 heavy (non-hydrogen) atoms. The minimum absolute atomic E-state index is 0. The topological polar surface area (TPSA) is 124 Å². The molecular weight excluding hydrogens is 549 g/mol. The van der Waals surface area contributed by atoms with Gasteiger partial charge < -0.3 is 26.2 Å². The number of benzene rings is 3. The Morgan fingerprint density at radius 2 is 1.38 bits per heavy atom. The van der Waals surface area contributed by atoms with Crippen LogP contribution in [0.3, 0.4) is 0 Å². The van der Waals surface area contributed by atoms with Crippen molar-refractivity contribution in [2.24, 2.45) is 0 Å². The fourth-order valence-electron chi connectivity index (χ4n) is 3.84. The quantitative estimate of drug-likeness (QED) is 0.142. The molecule has 0 saturated carbocycles. The van der Waals surface area contributed by atoms with Crippen molar-refractivity contribution >= 4 is 47.1 Å². The fourth-order valence-corrected chi connectivity index (χ4v) is 3.84. The molecule has 4 rings (SSSR count). The molecule has 0 spiro atoms. The molecular formula is C28H24ClF3N4O4. The van der Waals surface area contributed by atoms with Crippen LogP contribution in [0.25, 0.3) is 0 Å². The highest BCUT2D eigenvalue weighted by Crippen LogP contribution is 2.37. The smallest absolute Gasteiger partial charge is 0.416 e. The second-order valence-electron chi connectivity index (χ2n) is 8.51. The Labute approximate surface area is 233 Å². The summed E-state index contributed by atoms with van der Waals surface area (Å²) in [6.07, 6.45) is -1.30. The van der Waals surface area contributed by atoms with Gasteiger partial charge in [0.05, 0.1) is 39.4 Å². The summed E-state index contributed by atoms with van der Waals surface area (Å²) >= 11 is 0. The van der Waals surface area contributed by atoms with Crippen LogP contribution in [-0.4, -0.2) is 27.1 Å². The molecule has 0 radical (unpaired) electrons. The summed E-state index contributed by atoms with van der Waals surface area (Å²) in [6, 6.07) is 17.0. The van der Waals surface area contributed by atoms with E-state index in [-0.39, 0.29) is 46.3 Å². The maximum atomic E-state index is 13.5. The molecule has 0 amide bonds. The molecule has 5 N–H and O–H groups in total. The Balaban J connectivity index is 0.00000441. The van der Waals surface area contributed by atoms with Crippen LogP contribution in [0.4, 0.5) is 35.9 Å². The van der Waals surface area contributed by atoms with Gasteiger partial charge in [-0.3, -0.25) is 4.98 Å². The van der Waals surface area contributed by atoms with Crippen LogP contribution < -0.4 is 16.0 Å². The van der Waals surface area contributed by atoms with Crippen molar-refractivity contribution in [3.8, 4) is 0 Å². The van der Waals surface area contributed by atoms with E-state index in [1.54, 1.807) is 30.6 Å². The van der Waals surface area contributed by atoms with Gasteiger partial charge in [-0.1, -0.05) is 24.3 Å². The molecule has 0 saturated heterocycles. The maximum Gasteiger partial charge on any atom is 0.416 e. The molecule has 0 aliphatic rings. The van der Waals surface area contributed by atoms with Crippen LogP contribution >= 0.6 is 12.4 Å². The molecule has 4 aromatic rings. The number of hydrogen-bond donors (Lipinski definition) is 5. The predicted octanol–water partition coefficient (Wildman–Crippen LogP) is 6.70. The van der Waals surface area contributed by atoms with Crippen LogP contribution in [0.15, 0.2) is 85.2 Å². The van der Waals surface area contributed by atoms with Gasteiger partial charge in [0.25, 0.3) is 0 Å². The molecule has 0 aliphatic heterocycles. The number of para-hydroxylation sites is 1. The number of pyridine rings is 1. The van der Waals surface area contributed by atoms with E-state index in [0.29, 0.717) is 18.7 Å². The van der Waals surface area contributed by atoms with Crippen molar-refractivity contribution < 1.29 is 33.0 Å². The standard InChI is InChI=1S/C28H23F3N4O4.ClH/c29-28(30,31)19-8-10-24(34-22-6-2-1-5-20(22)26(36)37)25(13-19)35-23-9-7-17(12-21(23)27(38)39)14-33-16-18-4-3-11-32-15-18;/h1-13,15,33-35H,14,16H2,(H,36,37)(H,38,39);1H. The summed E-state index contributed by atoms with van der Waals surface area (Å²) in [7, 11) is 0. The van der Waals surface area contributed by atoms with Crippen molar-refractivity contribution in [3.63, 3.8) is 0 Å². The number of alkyl halides is 3. The average molecular weight is 573 g/mol. The van der Waals surface area contributed by atoms with Crippen molar-refractivity contribution in [2.45, 2.75) is 19.3 Å². The van der Waals surface area contributed by atoms with Gasteiger partial charge in [0, 0.05) is 25.5 Å². The van der Waals surface area contributed by atoms with E-state index in [4.69, 9.17) is 0 Å². The lowest BCUT2D eigenvalue weighted by molar-refractivity contribution is -0.137. The number of rotatable bonds is 10. The Kier molecular flexibility index (Phi) is 9.70. The van der Waals surface area contributed by atoms with Crippen LogP contribution in [0.1, 0.15) is 37.4 Å². The average Bonchev–Trinajstić information content (AvgIpc) is 2.90. The number of nitrogens with zero attached hydrogens (tertiary/aromatic N) is 1. The maximum absolute atomic E-state index is 13.5. The van der Waals surface area contributed by atoms with Crippen LogP contribution in [0, 0.1) is 0 Å². The lowest BCUT2D eigenvalue weighted by Crippen LogP contribution is -2.14. The van der Waals surface area contributed by atoms with E-state index >= 15 is 0 Å². The number of hydrogen-bond acceptors (Lipinski definition) is 6. The first-order valence-corrected chi connectivity index (χ1v) is 11.7. The Hall–Kier alpha value is -4.61. The van der Waals surface area contributed by atoms with E-state index in [0.717, 1.165) is 23.8 Å². The van der Waals surface area contributed by atoms with Crippen LogP contribution in [0.2, 0.25) is 0 Å². The highest BCUT2D eigenvalue weighted by molar-refractivity contribution is 5.98. The van der Waals surface area contributed by atoms with Gasteiger partial charge in [-0.2, -0.15) is 13.2 Å². The SMILES string of the molecule is Cl.O=C(O)c1ccccc1Nc1ccc(C(F)(F)F)cc1Nc1ccc(CNCc2cccnc2)cc1C(=O)O. The zero-order chi connectivity index (χ0) is 28.0. The van der Waals surface area contributed by atoms with Gasteiger partial charge in [0.15, 0.2) is 0 Å². The van der Waals surface area contributed by atoms with Crippen LogP contribution in [-0.2, 0) is 19.3 Å². The summed E-state index contributed by atoms with van der Waals surface area (Å²) in [4.78, 5) is 27.7. The largest absolute Gasteiger partial charge is 0.478 e. The lowest BCUT2D eigenvalue weighted by atomic mass is 10.1. The van der Waals surface area contributed by atoms with E-state index < -0.39 is 23.7 Å². The second kappa shape index (κ2) is 13.0. The number of nitrogens with one attached hydrogen (secondary N) is 3. The number of halogens is 4. The molecule has 1 aromatic heterocycles. The third-order valence-corrected chi connectivity index (χ3v) is 5.74. The molecule has 0 aliphatic carbocycles. The van der Waals surface area contributed by atoms with Gasteiger partial charge in [-0.25, -0.2) is 9.59 Å². The van der Waals surface area contributed by atoms with Crippen LogP contribution in [0.5, 0.6) is 0 Å². The minimum Gasteiger partial charge on any atom is -0.478 e. The summed E-state index contributed by atoms with van der Waals surface area (Å²) < 4.78 is 40.5. The Bertz CT molecular complexity index is 1500. The van der Waals surface area contributed by atoms with Gasteiger partial charge in [0.2, 0.25) is 0 Å². The predicted molar refractivity (Wildman–Crippen MR) is 147 cm³/mol. The monoisotopic (exact) mass is 572 g/mol. The number of carboxylic acid groups (broad SMARTS) is 2. The molecule has 8 nitrogen and oxygen atoms in total. The molecule has 208 valence electrons. The highest BCUT2D eigenvalue weighted by Gasteiger charge is 2.31. The number of carboxylic acids is 2. The van der Waals surface area contributed by atoms with Crippen molar-refractivity contribution in [1.82, 2.24) is 10.3 Å². The molecule has 12 heteroatoms. The van der Waals surface area contributed by atoms with Gasteiger partial charge in [-0.15, -0.1) is 12.4 Å². The normalized spacial score (nSPS) is 10.9. The fraction of sp³-hybridized carbons (Fsp3) is 0.107. The molecule has 3 aromatic carbocycles. The zero-order valence-corrected chi connectivity index (χ0v) is 21.5. The Morgan fingerprint density at radius 3 is 2.05 bits per heavy atom. The van der Waals surface area contributed by atoms with Crippen molar-refractivity contribution in [2.75, 3.05) is 10.6 Å². The first-order chi connectivity index (χ1) is 18.6. The minimum atomic E-state index is -4.66. The number of anilines is 4. The highest BCUT2D eigenvalue weighted by atomic mass is 35.5. The summed E-state index contributed by atoms with van der Waals surface area (Å²) in [6.45, 7) is 0.852. The zero-order valence-electron chi connectivity index (χ0n) is 20.7. The van der Waals surface area contributed by atoms with E-state index in [1.165, 1.54) is 30.3 Å². The summed E-state index contributed by atoms with van der Waals surface area (Å²) in [5.41, 5.74) is 0.652. The number of carbonyl (C=O) groups is 2. The van der Waals surface area contributed by atoms with E-state index in [9.17, 15) is 33.0 Å². The second-order valence-corrected chi connectivity index (χ2v) is 8.51. The summed E-state index contributed by atoms with van der Waals surface area (Å²) in [5.74, 6) is -2.50. The molecule has 0 bridgehead atoms. The lowest BCUT2D eigenvalue weighted by Gasteiger charge is -2.19. The third-order valence-electron chi connectivity index (χ3n) is 5.74. The van der Waals surface area contributed by atoms with E-state index in [2.05, 4.69) is 20.9 Å². The third kappa shape index (κ3) is 7.49. The molecule has 0 atom stereocenters. The number of aromatic nitrogens is 1. The molecule has 0 fully saturated rings. The molecule has 1 heterocycles. The Morgan fingerprint density at radius 1 is 0.725 bits per heavy atom. The molecule has 0 unspecified atom stereocenters. The van der Waals surface area contributed by atoms with E-state index in [1.807, 2.05) is 6.07 Å². The number of aromatic carboxylic acids is 2. The van der Waals surface area contributed by atoms with Gasteiger partial charge in [-0.05, 0) is 59.7 Å². The summed E-state index contributed by atoms with van der Waals surface area (Å²) in [5, 5.41) is 28.1. The first kappa shape index (κ1) is 29.9. The van der Waals surface area contributed by atoms with Gasteiger partial charge >= 0.3 is 18.1 Å². The first-order valence-electron chi connectivity index (χ1n) is 11.7. The van der Waals surface area contributed by atoms with Crippen molar-refractivity contribution in [1.29, 1.82) is 0 Å². The van der Waals surface area contributed by atoms with Gasteiger partial charge in [0.1, 0.15) is 0 Å². The van der Waals surface area contributed by atoms with Crippen molar-refractivity contribution in [3.05, 3.63) is 113 Å².